The van der Waals surface area contributed by atoms with Crippen molar-refractivity contribution in [1.29, 1.82) is 0 Å². The topological polar surface area (TPSA) is 54.1 Å². The van der Waals surface area contributed by atoms with Crippen molar-refractivity contribution in [2.75, 3.05) is 19.7 Å². The van der Waals surface area contributed by atoms with Crippen LogP contribution in [0.3, 0.4) is 0 Å². The Morgan fingerprint density at radius 2 is 1.93 bits per heavy atom. The van der Waals surface area contributed by atoms with Crippen LogP contribution in [0.1, 0.15) is 41.7 Å². The maximum Gasteiger partial charge on any atom is 0.355 e. The predicted octanol–water partition coefficient (Wildman–Crippen LogP) is 5.85. The zero-order chi connectivity index (χ0) is 19.0. The standard InChI is InChI=1S/C20H20Cl2N2O2S/c1-2-26-20(25)18-16(12-7-13(21)9-14(22)8-12)19-17(24-18)15(10-27-19)11-3-5-23-6-4-11/h7-11,23-24H,2-6H2,1H3. The molecule has 27 heavy (non-hydrogen) atoms. The molecular formula is C20H20Cl2N2O2S. The van der Waals surface area contributed by atoms with E-state index >= 15 is 0 Å². The highest BCUT2D eigenvalue weighted by Crippen LogP contribution is 2.43. The van der Waals surface area contributed by atoms with Crippen molar-refractivity contribution >= 4 is 50.7 Å². The van der Waals surface area contributed by atoms with E-state index in [4.69, 9.17) is 27.9 Å². The van der Waals surface area contributed by atoms with Crippen molar-refractivity contribution in [2.24, 2.45) is 0 Å². The summed E-state index contributed by atoms with van der Waals surface area (Å²) >= 11 is 14.1. The highest BCUT2D eigenvalue weighted by Gasteiger charge is 2.26. The van der Waals surface area contributed by atoms with Crippen LogP contribution in [0.5, 0.6) is 0 Å². The van der Waals surface area contributed by atoms with Crippen LogP contribution in [0.4, 0.5) is 0 Å². The minimum atomic E-state index is -0.358. The van der Waals surface area contributed by atoms with E-state index in [9.17, 15) is 4.79 Å². The number of esters is 1. The summed E-state index contributed by atoms with van der Waals surface area (Å²) in [5.74, 6) is 0.132. The van der Waals surface area contributed by atoms with Crippen LogP contribution < -0.4 is 5.32 Å². The molecule has 0 aliphatic carbocycles. The average molecular weight is 423 g/mol. The number of benzene rings is 1. The smallest absolute Gasteiger partial charge is 0.355 e. The second-order valence-electron chi connectivity index (χ2n) is 6.67. The Kier molecular flexibility index (Phi) is 5.46. The van der Waals surface area contributed by atoms with Gasteiger partial charge < -0.3 is 15.0 Å². The summed E-state index contributed by atoms with van der Waals surface area (Å²) in [6.07, 6.45) is 2.19. The largest absolute Gasteiger partial charge is 0.461 e. The minimum absolute atomic E-state index is 0.322. The number of halogens is 2. The van der Waals surface area contributed by atoms with Gasteiger partial charge in [-0.05, 0) is 73.5 Å². The van der Waals surface area contributed by atoms with Gasteiger partial charge in [0, 0.05) is 15.6 Å². The monoisotopic (exact) mass is 422 g/mol. The van der Waals surface area contributed by atoms with Crippen LogP contribution in [-0.4, -0.2) is 30.6 Å². The Bertz CT molecular complexity index is 969. The summed E-state index contributed by atoms with van der Waals surface area (Å²) in [6, 6.07) is 5.36. The van der Waals surface area contributed by atoms with Crippen LogP contribution in [-0.2, 0) is 4.74 Å². The van der Waals surface area contributed by atoms with Crippen LogP contribution in [0.15, 0.2) is 23.6 Å². The van der Waals surface area contributed by atoms with Crippen LogP contribution in [0, 0.1) is 0 Å². The molecule has 0 unspecified atom stereocenters. The molecule has 0 amide bonds. The second kappa shape index (κ2) is 7.84. The van der Waals surface area contributed by atoms with E-state index in [1.807, 2.05) is 12.1 Å². The van der Waals surface area contributed by atoms with E-state index in [-0.39, 0.29) is 5.97 Å². The lowest BCUT2D eigenvalue weighted by Crippen LogP contribution is -2.26. The summed E-state index contributed by atoms with van der Waals surface area (Å²) in [4.78, 5) is 16.0. The first-order chi connectivity index (χ1) is 13.1. The Labute approximate surface area is 171 Å². The molecule has 0 atom stereocenters. The molecule has 0 radical (unpaired) electrons. The van der Waals surface area contributed by atoms with Gasteiger partial charge in [-0.1, -0.05) is 23.2 Å². The SMILES string of the molecule is CCOC(=O)c1[nH]c2c(C3CCNCC3)csc2c1-c1cc(Cl)cc(Cl)c1. The summed E-state index contributed by atoms with van der Waals surface area (Å²) in [5, 5.41) is 6.69. The number of hydrogen-bond donors (Lipinski definition) is 2. The van der Waals surface area contributed by atoms with E-state index in [0.29, 0.717) is 28.3 Å². The number of H-pyrrole nitrogens is 1. The van der Waals surface area contributed by atoms with Crippen LogP contribution in [0.25, 0.3) is 21.3 Å². The fourth-order valence-electron chi connectivity index (χ4n) is 3.75. The van der Waals surface area contributed by atoms with Crippen LogP contribution in [0.2, 0.25) is 10.0 Å². The summed E-state index contributed by atoms with van der Waals surface area (Å²) in [5.41, 5.74) is 4.41. The maximum atomic E-state index is 12.6. The van der Waals surface area contributed by atoms with Crippen molar-refractivity contribution in [2.45, 2.75) is 25.7 Å². The first-order valence-electron chi connectivity index (χ1n) is 9.05. The van der Waals surface area contributed by atoms with Crippen molar-refractivity contribution in [3.8, 4) is 11.1 Å². The number of hydrogen-bond acceptors (Lipinski definition) is 4. The lowest BCUT2D eigenvalue weighted by Gasteiger charge is -2.21. The summed E-state index contributed by atoms with van der Waals surface area (Å²) < 4.78 is 6.34. The zero-order valence-corrected chi connectivity index (χ0v) is 17.2. The molecule has 142 valence electrons. The van der Waals surface area contributed by atoms with E-state index in [1.165, 1.54) is 5.56 Å². The van der Waals surface area contributed by atoms with Gasteiger partial charge in [-0.2, -0.15) is 0 Å². The molecule has 1 aliphatic heterocycles. The molecule has 3 aromatic rings. The molecule has 0 bridgehead atoms. The first kappa shape index (κ1) is 18.8. The number of carbonyl (C=O) groups excluding carboxylic acids is 1. The van der Waals surface area contributed by atoms with Gasteiger partial charge >= 0.3 is 5.97 Å². The maximum absolute atomic E-state index is 12.6. The van der Waals surface area contributed by atoms with Gasteiger partial charge in [0.05, 0.1) is 16.8 Å². The van der Waals surface area contributed by atoms with Crippen LogP contribution >= 0.6 is 34.5 Å². The van der Waals surface area contributed by atoms with Gasteiger partial charge in [0.2, 0.25) is 0 Å². The Morgan fingerprint density at radius 1 is 1.22 bits per heavy atom. The molecule has 4 rings (SSSR count). The normalized spacial score (nSPS) is 15.4. The molecule has 4 nitrogen and oxygen atoms in total. The fourth-order valence-corrected chi connectivity index (χ4v) is 5.45. The molecule has 1 aliphatic rings. The van der Waals surface area contributed by atoms with E-state index < -0.39 is 0 Å². The highest BCUT2D eigenvalue weighted by molar-refractivity contribution is 7.18. The fraction of sp³-hybridized carbons (Fsp3) is 0.350. The van der Waals surface area contributed by atoms with Crippen molar-refractivity contribution in [3.05, 3.63) is 44.9 Å². The highest BCUT2D eigenvalue weighted by atomic mass is 35.5. The number of nitrogens with one attached hydrogen (secondary N) is 2. The van der Waals surface area contributed by atoms with Gasteiger partial charge in [-0.15, -0.1) is 11.3 Å². The average Bonchev–Trinajstić information content (AvgIpc) is 3.20. The Hall–Kier alpha value is -1.53. The molecule has 0 spiro atoms. The quantitative estimate of drug-likeness (QED) is 0.518. The van der Waals surface area contributed by atoms with Gasteiger partial charge in [0.15, 0.2) is 0 Å². The lowest BCUT2D eigenvalue weighted by molar-refractivity contribution is 0.0521. The Balaban J connectivity index is 1.90. The van der Waals surface area contributed by atoms with E-state index in [1.54, 1.807) is 24.3 Å². The first-order valence-corrected chi connectivity index (χ1v) is 10.7. The number of piperidine rings is 1. The molecule has 2 aromatic heterocycles. The van der Waals surface area contributed by atoms with E-state index in [2.05, 4.69) is 15.7 Å². The molecule has 1 saturated heterocycles. The van der Waals surface area contributed by atoms with Gasteiger partial charge in [0.25, 0.3) is 0 Å². The third-order valence-electron chi connectivity index (χ3n) is 4.96. The molecular weight excluding hydrogens is 403 g/mol. The number of thiophene rings is 1. The molecule has 0 saturated carbocycles. The predicted molar refractivity (Wildman–Crippen MR) is 112 cm³/mol. The molecule has 1 aromatic carbocycles. The molecule has 1 fully saturated rings. The zero-order valence-electron chi connectivity index (χ0n) is 14.9. The number of rotatable bonds is 4. The third kappa shape index (κ3) is 3.61. The molecule has 3 heterocycles. The van der Waals surface area contributed by atoms with Crippen molar-refractivity contribution < 1.29 is 9.53 Å². The van der Waals surface area contributed by atoms with Crippen molar-refractivity contribution in [3.63, 3.8) is 0 Å². The van der Waals surface area contributed by atoms with Crippen molar-refractivity contribution in [1.82, 2.24) is 10.3 Å². The second-order valence-corrected chi connectivity index (χ2v) is 8.43. The molecule has 7 heteroatoms. The third-order valence-corrected chi connectivity index (χ3v) is 6.41. The summed E-state index contributed by atoms with van der Waals surface area (Å²) in [7, 11) is 0. The minimum Gasteiger partial charge on any atom is -0.461 e. The number of aromatic amines is 1. The number of carbonyl (C=O) groups is 1. The lowest BCUT2D eigenvalue weighted by atomic mass is 9.91. The van der Waals surface area contributed by atoms with E-state index in [0.717, 1.165) is 47.3 Å². The number of ether oxygens (including phenoxy) is 1. The number of fused-ring (bicyclic) bond motifs is 1. The van der Waals surface area contributed by atoms with Gasteiger partial charge in [0.1, 0.15) is 5.69 Å². The number of aromatic nitrogens is 1. The molecule has 2 N–H and O–H groups in total. The van der Waals surface area contributed by atoms with Gasteiger partial charge in [-0.3, -0.25) is 0 Å². The van der Waals surface area contributed by atoms with Gasteiger partial charge in [-0.25, -0.2) is 4.79 Å². The Morgan fingerprint density at radius 3 is 2.59 bits per heavy atom. The summed E-state index contributed by atoms with van der Waals surface area (Å²) in [6.45, 7) is 4.16.